The van der Waals surface area contributed by atoms with Crippen molar-refractivity contribution in [2.24, 2.45) is 5.73 Å². The van der Waals surface area contributed by atoms with E-state index in [0.717, 1.165) is 31.2 Å². The van der Waals surface area contributed by atoms with Crippen molar-refractivity contribution in [3.63, 3.8) is 0 Å². The molecule has 1 aromatic rings. The summed E-state index contributed by atoms with van der Waals surface area (Å²) in [5, 5.41) is 4.26. The topological polar surface area (TPSA) is 55.1 Å². The molecule has 1 aromatic carbocycles. The molecule has 1 amide bonds. The molecule has 1 saturated carbocycles. The number of carbonyl (C=O) groups is 1. The van der Waals surface area contributed by atoms with Gasteiger partial charge in [0.1, 0.15) is 0 Å². The summed E-state index contributed by atoms with van der Waals surface area (Å²) in [5.74, 6) is -0.124. The predicted molar refractivity (Wildman–Crippen MR) is 83.3 cm³/mol. The standard InChI is InChI=1S/C15H20Cl2N2O/c1-10(18)14(20)19-9-15(6-2-3-7-15)12-5-4-11(16)8-13(12)17/h4-5,8,10H,2-3,6-7,9,18H2,1H3,(H,19,20). The Labute approximate surface area is 129 Å². The molecule has 5 heteroatoms. The van der Waals surface area contributed by atoms with Crippen LogP contribution in [-0.2, 0) is 10.2 Å². The van der Waals surface area contributed by atoms with Crippen LogP contribution in [0.5, 0.6) is 0 Å². The Balaban J connectivity index is 2.23. The van der Waals surface area contributed by atoms with Crippen molar-refractivity contribution in [3.8, 4) is 0 Å². The molecule has 0 radical (unpaired) electrons. The van der Waals surface area contributed by atoms with Gasteiger partial charge in [-0.3, -0.25) is 4.79 Å². The molecule has 1 atom stereocenters. The first-order valence-corrected chi connectivity index (χ1v) is 7.69. The van der Waals surface area contributed by atoms with E-state index in [1.54, 1.807) is 13.0 Å². The third kappa shape index (κ3) is 3.27. The molecule has 110 valence electrons. The zero-order chi connectivity index (χ0) is 14.8. The number of hydrogen-bond acceptors (Lipinski definition) is 2. The largest absolute Gasteiger partial charge is 0.354 e. The first kappa shape index (κ1) is 15.6. The third-order valence-electron chi connectivity index (χ3n) is 4.08. The van der Waals surface area contributed by atoms with Crippen molar-refractivity contribution < 1.29 is 4.79 Å². The van der Waals surface area contributed by atoms with Gasteiger partial charge in [0.15, 0.2) is 0 Å². The second kappa shape index (κ2) is 6.33. The maximum absolute atomic E-state index is 11.7. The molecule has 3 nitrogen and oxygen atoms in total. The smallest absolute Gasteiger partial charge is 0.236 e. The summed E-state index contributed by atoms with van der Waals surface area (Å²) in [5.41, 5.74) is 6.58. The number of rotatable bonds is 4. The summed E-state index contributed by atoms with van der Waals surface area (Å²) in [6, 6.07) is 5.12. The second-order valence-electron chi connectivity index (χ2n) is 5.62. The van der Waals surface area contributed by atoms with Crippen LogP contribution in [0.15, 0.2) is 18.2 Å². The number of nitrogens with two attached hydrogens (primary N) is 1. The number of benzene rings is 1. The summed E-state index contributed by atoms with van der Waals surface area (Å²) in [6.45, 7) is 2.26. The molecule has 0 heterocycles. The van der Waals surface area contributed by atoms with Crippen molar-refractivity contribution in [1.29, 1.82) is 0 Å². The van der Waals surface area contributed by atoms with Gasteiger partial charge in [0.2, 0.25) is 5.91 Å². The minimum atomic E-state index is -0.492. The van der Waals surface area contributed by atoms with Crippen molar-refractivity contribution in [3.05, 3.63) is 33.8 Å². The fourth-order valence-corrected chi connectivity index (χ4v) is 3.54. The van der Waals surface area contributed by atoms with Crippen LogP contribution in [0.1, 0.15) is 38.2 Å². The Bertz CT molecular complexity index is 497. The molecule has 0 saturated heterocycles. The van der Waals surface area contributed by atoms with Crippen LogP contribution < -0.4 is 11.1 Å². The molecule has 2 rings (SSSR count). The lowest BCUT2D eigenvalue weighted by atomic mass is 9.78. The Morgan fingerprint density at radius 1 is 1.40 bits per heavy atom. The van der Waals surface area contributed by atoms with Gasteiger partial charge in [-0.2, -0.15) is 0 Å². The molecule has 1 aliphatic carbocycles. The molecule has 0 aromatic heterocycles. The number of amides is 1. The second-order valence-corrected chi connectivity index (χ2v) is 6.46. The molecular formula is C15H20Cl2N2O. The van der Waals surface area contributed by atoms with Crippen LogP contribution in [0.3, 0.4) is 0 Å². The molecule has 20 heavy (non-hydrogen) atoms. The highest BCUT2D eigenvalue weighted by Gasteiger charge is 2.37. The molecule has 0 bridgehead atoms. The predicted octanol–water partition coefficient (Wildman–Crippen LogP) is 3.27. The Morgan fingerprint density at radius 2 is 2.05 bits per heavy atom. The van der Waals surface area contributed by atoms with Crippen LogP contribution in [0.4, 0.5) is 0 Å². The van der Waals surface area contributed by atoms with Gasteiger partial charge in [-0.05, 0) is 37.5 Å². The summed E-state index contributed by atoms with van der Waals surface area (Å²) < 4.78 is 0. The minimum Gasteiger partial charge on any atom is -0.354 e. The van der Waals surface area contributed by atoms with E-state index in [1.165, 1.54) is 0 Å². The summed E-state index contributed by atoms with van der Waals surface area (Å²) in [4.78, 5) is 11.7. The minimum absolute atomic E-state index is 0.0910. The maximum Gasteiger partial charge on any atom is 0.236 e. The van der Waals surface area contributed by atoms with Gasteiger partial charge >= 0.3 is 0 Å². The zero-order valence-corrected chi connectivity index (χ0v) is 13.1. The van der Waals surface area contributed by atoms with E-state index in [0.29, 0.717) is 16.6 Å². The lowest BCUT2D eigenvalue weighted by Crippen LogP contribution is -2.45. The van der Waals surface area contributed by atoms with E-state index < -0.39 is 6.04 Å². The average Bonchev–Trinajstić information content (AvgIpc) is 2.85. The van der Waals surface area contributed by atoms with Gasteiger partial charge in [0.25, 0.3) is 0 Å². The molecule has 0 aliphatic heterocycles. The number of nitrogens with one attached hydrogen (secondary N) is 1. The van der Waals surface area contributed by atoms with Gasteiger partial charge in [-0.15, -0.1) is 0 Å². The number of carbonyl (C=O) groups excluding carboxylic acids is 1. The highest BCUT2D eigenvalue weighted by molar-refractivity contribution is 6.35. The van der Waals surface area contributed by atoms with Gasteiger partial charge in [0.05, 0.1) is 6.04 Å². The molecule has 1 unspecified atom stereocenters. The van der Waals surface area contributed by atoms with Crippen molar-refractivity contribution >= 4 is 29.1 Å². The Hall–Kier alpha value is -0.770. The maximum atomic E-state index is 11.7. The van der Waals surface area contributed by atoms with Gasteiger partial charge in [-0.25, -0.2) is 0 Å². The number of halogens is 2. The fourth-order valence-electron chi connectivity index (χ4n) is 2.93. The average molecular weight is 315 g/mol. The quantitative estimate of drug-likeness (QED) is 0.896. The Morgan fingerprint density at radius 3 is 2.60 bits per heavy atom. The molecule has 3 N–H and O–H groups in total. The first-order chi connectivity index (χ1) is 9.44. The van der Waals surface area contributed by atoms with Crippen LogP contribution in [-0.4, -0.2) is 18.5 Å². The zero-order valence-electron chi connectivity index (χ0n) is 11.6. The van der Waals surface area contributed by atoms with E-state index in [4.69, 9.17) is 28.9 Å². The van der Waals surface area contributed by atoms with Crippen molar-refractivity contribution in [2.45, 2.75) is 44.1 Å². The molecule has 1 aliphatic rings. The third-order valence-corrected chi connectivity index (χ3v) is 4.63. The summed E-state index contributed by atoms with van der Waals surface area (Å²) >= 11 is 12.3. The molecular weight excluding hydrogens is 295 g/mol. The van der Waals surface area contributed by atoms with Crippen molar-refractivity contribution in [1.82, 2.24) is 5.32 Å². The highest BCUT2D eigenvalue weighted by atomic mass is 35.5. The van der Waals surface area contributed by atoms with Gasteiger partial charge in [-0.1, -0.05) is 42.1 Å². The Kier molecular flexibility index (Phi) is 4.95. The van der Waals surface area contributed by atoms with E-state index in [1.807, 2.05) is 12.1 Å². The fraction of sp³-hybridized carbons (Fsp3) is 0.533. The molecule has 0 spiro atoms. The summed E-state index contributed by atoms with van der Waals surface area (Å²) in [6.07, 6.45) is 4.33. The van der Waals surface area contributed by atoms with Gasteiger partial charge in [0, 0.05) is 22.0 Å². The lowest BCUT2D eigenvalue weighted by Gasteiger charge is -2.31. The van der Waals surface area contributed by atoms with Crippen LogP contribution in [0.2, 0.25) is 10.0 Å². The van der Waals surface area contributed by atoms with E-state index in [-0.39, 0.29) is 11.3 Å². The van der Waals surface area contributed by atoms with Crippen LogP contribution in [0, 0.1) is 0 Å². The monoisotopic (exact) mass is 314 g/mol. The highest BCUT2D eigenvalue weighted by Crippen LogP contribution is 2.43. The van der Waals surface area contributed by atoms with Crippen LogP contribution >= 0.6 is 23.2 Å². The molecule has 1 fully saturated rings. The van der Waals surface area contributed by atoms with Gasteiger partial charge < -0.3 is 11.1 Å². The number of hydrogen-bond donors (Lipinski definition) is 2. The van der Waals surface area contributed by atoms with Crippen LogP contribution in [0.25, 0.3) is 0 Å². The lowest BCUT2D eigenvalue weighted by molar-refractivity contribution is -0.122. The summed E-state index contributed by atoms with van der Waals surface area (Å²) in [7, 11) is 0. The normalized spacial score (nSPS) is 18.8. The SMILES string of the molecule is CC(N)C(=O)NCC1(c2ccc(Cl)cc2Cl)CCCC1. The van der Waals surface area contributed by atoms with E-state index >= 15 is 0 Å². The van der Waals surface area contributed by atoms with Crippen molar-refractivity contribution in [2.75, 3.05) is 6.54 Å². The van der Waals surface area contributed by atoms with E-state index in [9.17, 15) is 4.79 Å². The first-order valence-electron chi connectivity index (χ1n) is 6.93. The van der Waals surface area contributed by atoms with E-state index in [2.05, 4.69) is 5.32 Å².